The van der Waals surface area contributed by atoms with Gasteiger partial charge < -0.3 is 30.4 Å². The summed E-state index contributed by atoms with van der Waals surface area (Å²) >= 11 is 0. The molecule has 11 nitrogen and oxygen atoms in total. The summed E-state index contributed by atoms with van der Waals surface area (Å²) in [5.74, 6) is -0.316. The molecule has 0 aliphatic rings. The molecule has 0 bridgehead atoms. The second kappa shape index (κ2) is 18.5. The summed E-state index contributed by atoms with van der Waals surface area (Å²) in [4.78, 5) is 36.7. The van der Waals surface area contributed by atoms with Gasteiger partial charge in [-0.1, -0.05) is 18.2 Å². The van der Waals surface area contributed by atoms with Crippen molar-refractivity contribution >= 4 is 28.5 Å². The highest BCUT2D eigenvalue weighted by Gasteiger charge is 2.20. The fourth-order valence-corrected chi connectivity index (χ4v) is 4.13. The van der Waals surface area contributed by atoms with E-state index in [0.717, 1.165) is 29.4 Å². The van der Waals surface area contributed by atoms with Crippen molar-refractivity contribution in [1.29, 1.82) is 0 Å². The SMILES string of the molecule is CNN(C)Cc1cc2ccccc2n1CCC(=O)NC(CCCCN)C(=O)NCCOCCOCCC(C)=O. The van der Waals surface area contributed by atoms with Crippen LogP contribution in [0.5, 0.6) is 0 Å². The van der Waals surface area contributed by atoms with Crippen molar-refractivity contribution in [2.75, 3.05) is 53.6 Å². The first-order valence-electron chi connectivity index (χ1n) is 13.7. The van der Waals surface area contributed by atoms with Crippen molar-refractivity contribution in [3.8, 4) is 0 Å². The lowest BCUT2D eigenvalue weighted by Gasteiger charge is -2.20. The van der Waals surface area contributed by atoms with Crippen molar-refractivity contribution in [1.82, 2.24) is 25.6 Å². The van der Waals surface area contributed by atoms with Crippen LogP contribution in [0, 0.1) is 0 Å². The van der Waals surface area contributed by atoms with Gasteiger partial charge in [0.05, 0.1) is 33.0 Å². The van der Waals surface area contributed by atoms with Crippen molar-refractivity contribution in [3.05, 3.63) is 36.0 Å². The molecule has 1 atom stereocenters. The van der Waals surface area contributed by atoms with Gasteiger partial charge in [0.15, 0.2) is 0 Å². The summed E-state index contributed by atoms with van der Waals surface area (Å²) in [5, 5.41) is 8.88. The molecule has 1 aromatic heterocycles. The zero-order valence-corrected chi connectivity index (χ0v) is 23.7. The predicted octanol–water partition coefficient (Wildman–Crippen LogP) is 1.34. The number of nitrogens with zero attached hydrogens (tertiary/aromatic N) is 2. The average molecular weight is 547 g/mol. The van der Waals surface area contributed by atoms with Crippen LogP contribution < -0.4 is 21.8 Å². The van der Waals surface area contributed by atoms with Gasteiger partial charge in [-0.3, -0.25) is 19.8 Å². The molecule has 0 radical (unpaired) electrons. The van der Waals surface area contributed by atoms with E-state index in [9.17, 15) is 14.4 Å². The van der Waals surface area contributed by atoms with E-state index in [1.807, 2.05) is 31.2 Å². The number of nitrogens with one attached hydrogen (secondary N) is 3. The molecule has 2 aromatic rings. The van der Waals surface area contributed by atoms with E-state index in [1.165, 1.54) is 6.92 Å². The zero-order valence-electron chi connectivity index (χ0n) is 23.7. The standard InChI is InChI=1S/C28H46N6O5/c1-22(35)12-16-38-18-19-39-17-14-31-28(37)25(9-6-7-13-29)32-27(36)11-15-34-24(21-33(3)30-2)20-23-8-4-5-10-26(23)34/h4-5,8,10,20,25,30H,6-7,9,11-19,21,29H2,1-3H3,(H,31,37)(H,32,36). The minimum Gasteiger partial charge on any atom is -0.379 e. The number of aryl methyl sites for hydroxylation is 1. The molecule has 2 rings (SSSR count). The molecule has 1 heterocycles. The molecule has 0 fully saturated rings. The number of aromatic nitrogens is 1. The van der Waals surface area contributed by atoms with Gasteiger partial charge in [0, 0.05) is 44.2 Å². The predicted molar refractivity (Wildman–Crippen MR) is 152 cm³/mol. The summed E-state index contributed by atoms with van der Waals surface area (Å²) in [6.45, 7) is 5.06. The molecule has 1 aromatic carbocycles. The third-order valence-electron chi connectivity index (χ3n) is 6.35. The van der Waals surface area contributed by atoms with Crippen LogP contribution in [0.3, 0.4) is 0 Å². The maximum Gasteiger partial charge on any atom is 0.242 e. The lowest BCUT2D eigenvalue weighted by Crippen LogP contribution is -2.47. The second-order valence-electron chi connectivity index (χ2n) is 9.55. The molecule has 0 spiro atoms. The highest BCUT2D eigenvalue weighted by molar-refractivity contribution is 5.87. The van der Waals surface area contributed by atoms with Crippen LogP contribution in [0.15, 0.2) is 30.3 Å². The van der Waals surface area contributed by atoms with E-state index in [2.05, 4.69) is 38.8 Å². The Bertz CT molecular complexity index is 1030. The smallest absolute Gasteiger partial charge is 0.242 e. The number of Topliss-reactive ketones (excluding diaryl/α,β-unsaturated/α-hetero) is 1. The number of fused-ring (bicyclic) bond motifs is 1. The van der Waals surface area contributed by atoms with Gasteiger partial charge >= 0.3 is 0 Å². The minimum absolute atomic E-state index is 0.0899. The maximum absolute atomic E-state index is 12.9. The molecule has 11 heteroatoms. The molecule has 218 valence electrons. The summed E-state index contributed by atoms with van der Waals surface area (Å²) in [7, 11) is 3.84. The Hall–Kier alpha value is -2.83. The number of para-hydroxylation sites is 1. The highest BCUT2D eigenvalue weighted by atomic mass is 16.5. The van der Waals surface area contributed by atoms with E-state index < -0.39 is 6.04 Å². The third kappa shape index (κ3) is 12.3. The number of nitrogens with two attached hydrogens (primary N) is 1. The number of ether oxygens (including phenoxy) is 2. The van der Waals surface area contributed by atoms with Crippen LogP contribution >= 0.6 is 0 Å². The molecular formula is C28H46N6O5. The Morgan fingerprint density at radius 3 is 2.51 bits per heavy atom. The molecule has 39 heavy (non-hydrogen) atoms. The fourth-order valence-electron chi connectivity index (χ4n) is 4.13. The normalized spacial score (nSPS) is 12.1. The number of rotatable bonds is 21. The maximum atomic E-state index is 12.9. The van der Waals surface area contributed by atoms with Crippen molar-refractivity contribution < 1.29 is 23.9 Å². The molecule has 5 N–H and O–H groups in total. The molecule has 2 amide bonds. The van der Waals surface area contributed by atoms with Gasteiger partial charge in [-0.2, -0.15) is 0 Å². The van der Waals surface area contributed by atoms with Gasteiger partial charge in [0.2, 0.25) is 11.8 Å². The van der Waals surface area contributed by atoms with E-state index in [-0.39, 0.29) is 24.0 Å². The monoisotopic (exact) mass is 546 g/mol. The van der Waals surface area contributed by atoms with E-state index >= 15 is 0 Å². The molecule has 0 saturated carbocycles. The molecule has 0 aliphatic heterocycles. The Morgan fingerprint density at radius 2 is 1.79 bits per heavy atom. The van der Waals surface area contributed by atoms with E-state index in [1.54, 1.807) is 0 Å². The van der Waals surface area contributed by atoms with Gasteiger partial charge in [0.1, 0.15) is 11.8 Å². The summed E-state index contributed by atoms with van der Waals surface area (Å²) in [6.07, 6.45) is 2.69. The number of hydrogen-bond donors (Lipinski definition) is 4. The summed E-state index contributed by atoms with van der Waals surface area (Å²) in [5.41, 5.74) is 10.9. The Kier molecular flexibility index (Phi) is 15.3. The molecule has 1 unspecified atom stereocenters. The third-order valence-corrected chi connectivity index (χ3v) is 6.35. The van der Waals surface area contributed by atoms with E-state index in [4.69, 9.17) is 15.2 Å². The number of hydrazine groups is 1. The Labute approximate surface area is 231 Å². The lowest BCUT2D eigenvalue weighted by molar-refractivity contribution is -0.129. The Balaban J connectivity index is 1.85. The quantitative estimate of drug-likeness (QED) is 0.136. The first-order valence-corrected chi connectivity index (χ1v) is 13.7. The zero-order chi connectivity index (χ0) is 28.5. The number of hydrogen-bond acceptors (Lipinski definition) is 8. The van der Waals surface area contributed by atoms with Gasteiger partial charge in [-0.25, -0.2) is 5.01 Å². The lowest BCUT2D eigenvalue weighted by atomic mass is 10.1. The van der Waals surface area contributed by atoms with Crippen LogP contribution in [0.25, 0.3) is 10.9 Å². The Morgan fingerprint density at radius 1 is 1.05 bits per heavy atom. The van der Waals surface area contributed by atoms with Crippen molar-refractivity contribution in [3.63, 3.8) is 0 Å². The van der Waals surface area contributed by atoms with Crippen LogP contribution in [-0.4, -0.2) is 86.8 Å². The van der Waals surface area contributed by atoms with Gasteiger partial charge in [0.25, 0.3) is 0 Å². The number of unbranched alkanes of at least 4 members (excludes halogenated alkanes) is 1. The van der Waals surface area contributed by atoms with Crippen LogP contribution in [0.1, 0.15) is 44.7 Å². The largest absolute Gasteiger partial charge is 0.379 e. The first kappa shape index (κ1) is 32.4. The number of ketones is 1. The van der Waals surface area contributed by atoms with Crippen LogP contribution in [0.2, 0.25) is 0 Å². The van der Waals surface area contributed by atoms with Crippen LogP contribution in [-0.2, 0) is 36.9 Å². The van der Waals surface area contributed by atoms with Crippen molar-refractivity contribution in [2.45, 2.75) is 58.2 Å². The average Bonchev–Trinajstić information content (AvgIpc) is 3.26. The van der Waals surface area contributed by atoms with Crippen LogP contribution in [0.4, 0.5) is 0 Å². The number of amides is 2. The fraction of sp³-hybridized carbons (Fsp3) is 0.607. The number of benzene rings is 1. The highest BCUT2D eigenvalue weighted by Crippen LogP contribution is 2.21. The molecule has 0 aliphatic carbocycles. The molecule has 0 saturated heterocycles. The first-order chi connectivity index (χ1) is 18.8. The number of carbonyl (C=O) groups excluding carboxylic acids is 3. The summed E-state index contributed by atoms with van der Waals surface area (Å²) in [6, 6.07) is 9.64. The topological polar surface area (TPSA) is 140 Å². The minimum atomic E-state index is -0.629. The second-order valence-corrected chi connectivity index (χ2v) is 9.55. The van der Waals surface area contributed by atoms with Gasteiger partial charge in [-0.05, 0) is 57.3 Å². The summed E-state index contributed by atoms with van der Waals surface area (Å²) < 4.78 is 12.9. The van der Waals surface area contributed by atoms with Crippen molar-refractivity contribution in [2.24, 2.45) is 5.73 Å². The number of carbonyl (C=O) groups is 3. The van der Waals surface area contributed by atoms with E-state index in [0.29, 0.717) is 65.4 Å². The van der Waals surface area contributed by atoms with Gasteiger partial charge in [-0.15, -0.1) is 0 Å². The molecular weight excluding hydrogens is 500 g/mol.